The van der Waals surface area contributed by atoms with Gasteiger partial charge in [-0.15, -0.1) is 0 Å². The van der Waals surface area contributed by atoms with E-state index in [0.29, 0.717) is 59.5 Å². The number of carbonyl (C=O) groups is 1. The largest absolute Gasteiger partial charge is 0.394 e. The van der Waals surface area contributed by atoms with E-state index < -0.39 is 5.91 Å². The number of carbonyl (C=O) groups excluding carboxylic acids is 1. The van der Waals surface area contributed by atoms with E-state index in [-0.39, 0.29) is 13.2 Å². The van der Waals surface area contributed by atoms with E-state index in [9.17, 15) is 4.79 Å². The van der Waals surface area contributed by atoms with Crippen molar-refractivity contribution >= 4 is 5.91 Å². The highest BCUT2D eigenvalue weighted by Gasteiger charge is 1.95. The predicted molar refractivity (Wildman–Crippen MR) is 70.4 cm³/mol. The summed E-state index contributed by atoms with van der Waals surface area (Å²) in [6.45, 7) is 3.86. The molecule has 0 aromatic rings. The van der Waals surface area contributed by atoms with Crippen LogP contribution in [0.1, 0.15) is 0 Å². The molecule has 20 heavy (non-hydrogen) atoms. The molecule has 8 heteroatoms. The molecule has 0 aromatic carbocycles. The predicted octanol–water partition coefficient (Wildman–Crippen LogP) is -1.45. The van der Waals surface area contributed by atoms with Crippen molar-refractivity contribution in [2.45, 2.75) is 0 Å². The van der Waals surface area contributed by atoms with Crippen molar-refractivity contribution in [2.24, 2.45) is 5.73 Å². The van der Waals surface area contributed by atoms with Crippen LogP contribution in [0.3, 0.4) is 0 Å². The number of hydrogen-bond donors (Lipinski definition) is 2. The second-order valence-electron chi connectivity index (χ2n) is 3.69. The monoisotopic (exact) mass is 295 g/mol. The van der Waals surface area contributed by atoms with Gasteiger partial charge in [0.15, 0.2) is 0 Å². The molecule has 120 valence electrons. The fourth-order valence-electron chi connectivity index (χ4n) is 1.12. The number of aliphatic hydroxyl groups excluding tert-OH is 1. The zero-order chi connectivity index (χ0) is 14.9. The highest BCUT2D eigenvalue weighted by molar-refractivity contribution is 5.74. The van der Waals surface area contributed by atoms with Crippen LogP contribution in [0.2, 0.25) is 0 Å². The molecule has 0 aliphatic heterocycles. The van der Waals surface area contributed by atoms with Gasteiger partial charge in [-0.3, -0.25) is 4.79 Å². The third-order valence-corrected chi connectivity index (χ3v) is 1.97. The number of ether oxygens (including phenoxy) is 5. The zero-order valence-corrected chi connectivity index (χ0v) is 11.8. The first-order chi connectivity index (χ1) is 9.77. The number of amides is 1. The molecule has 0 atom stereocenters. The lowest BCUT2D eigenvalue weighted by Crippen LogP contribution is -2.20. The molecule has 0 saturated heterocycles. The van der Waals surface area contributed by atoms with Gasteiger partial charge in [0.05, 0.1) is 66.1 Å². The summed E-state index contributed by atoms with van der Waals surface area (Å²) < 4.78 is 25.6. The number of hydrogen-bond acceptors (Lipinski definition) is 7. The minimum Gasteiger partial charge on any atom is -0.394 e. The Hall–Kier alpha value is -0.770. The smallest absolute Gasteiger partial charge is 0.243 e. The quantitative estimate of drug-likeness (QED) is 0.335. The summed E-state index contributed by atoms with van der Waals surface area (Å²) in [5, 5.41) is 8.46. The van der Waals surface area contributed by atoms with Gasteiger partial charge in [0.25, 0.3) is 0 Å². The Morgan fingerprint density at radius 1 is 0.700 bits per heavy atom. The highest BCUT2D eigenvalue weighted by Crippen LogP contribution is 1.83. The van der Waals surface area contributed by atoms with Crippen molar-refractivity contribution in [1.29, 1.82) is 0 Å². The van der Waals surface area contributed by atoms with Gasteiger partial charge < -0.3 is 34.5 Å². The molecule has 0 rings (SSSR count). The van der Waals surface area contributed by atoms with Crippen LogP contribution in [0.4, 0.5) is 0 Å². The van der Waals surface area contributed by atoms with Crippen LogP contribution in [-0.2, 0) is 28.5 Å². The van der Waals surface area contributed by atoms with Crippen LogP contribution < -0.4 is 5.73 Å². The van der Waals surface area contributed by atoms with Crippen molar-refractivity contribution in [1.82, 2.24) is 0 Å². The van der Waals surface area contributed by atoms with E-state index in [4.69, 9.17) is 34.5 Å². The van der Waals surface area contributed by atoms with Crippen molar-refractivity contribution in [3.8, 4) is 0 Å². The Balaban J connectivity index is 2.94. The van der Waals surface area contributed by atoms with Crippen LogP contribution in [-0.4, -0.2) is 83.7 Å². The Morgan fingerprint density at radius 3 is 1.40 bits per heavy atom. The van der Waals surface area contributed by atoms with Crippen LogP contribution in [0, 0.1) is 0 Å². The normalized spacial score (nSPS) is 10.8. The van der Waals surface area contributed by atoms with Crippen molar-refractivity contribution < 1.29 is 33.6 Å². The van der Waals surface area contributed by atoms with Gasteiger partial charge in [-0.05, 0) is 0 Å². The molecule has 0 aliphatic carbocycles. The van der Waals surface area contributed by atoms with Crippen LogP contribution in [0.5, 0.6) is 0 Å². The molecule has 0 aliphatic rings. The second-order valence-corrected chi connectivity index (χ2v) is 3.69. The first-order valence-corrected chi connectivity index (χ1v) is 6.55. The summed E-state index contributed by atoms with van der Waals surface area (Å²) in [6, 6.07) is 0. The molecule has 0 fully saturated rings. The number of primary amides is 1. The average molecular weight is 295 g/mol. The molecule has 0 heterocycles. The zero-order valence-electron chi connectivity index (χ0n) is 11.8. The average Bonchev–Trinajstić information content (AvgIpc) is 2.43. The van der Waals surface area contributed by atoms with Gasteiger partial charge in [0.1, 0.15) is 6.61 Å². The van der Waals surface area contributed by atoms with Gasteiger partial charge in [0.2, 0.25) is 5.91 Å². The van der Waals surface area contributed by atoms with Gasteiger partial charge in [-0.2, -0.15) is 0 Å². The molecule has 1 amide bonds. The van der Waals surface area contributed by atoms with Gasteiger partial charge in [-0.25, -0.2) is 0 Å². The minimum absolute atomic E-state index is 0.0245. The molecular formula is C12H25NO7. The number of nitrogens with two attached hydrogens (primary N) is 1. The van der Waals surface area contributed by atoms with Crippen LogP contribution in [0.25, 0.3) is 0 Å². The third kappa shape index (κ3) is 17.2. The second kappa shape index (κ2) is 16.3. The van der Waals surface area contributed by atoms with Gasteiger partial charge in [-0.1, -0.05) is 0 Å². The highest BCUT2D eigenvalue weighted by atomic mass is 16.6. The standard InChI is InChI=1S/C12H25NO7/c13-12(15)11-20-10-9-19-8-7-18-6-5-17-4-3-16-2-1-14/h14H,1-11H2,(H2,13,15). The molecule has 0 radical (unpaired) electrons. The van der Waals surface area contributed by atoms with Crippen LogP contribution >= 0.6 is 0 Å². The van der Waals surface area contributed by atoms with E-state index in [2.05, 4.69) is 0 Å². The maximum absolute atomic E-state index is 10.3. The summed E-state index contributed by atoms with van der Waals surface area (Å²) >= 11 is 0. The summed E-state index contributed by atoms with van der Waals surface area (Å²) in [5.41, 5.74) is 4.89. The Kier molecular flexibility index (Phi) is 15.7. The summed E-state index contributed by atoms with van der Waals surface area (Å²) in [7, 11) is 0. The third-order valence-electron chi connectivity index (χ3n) is 1.97. The number of aliphatic hydroxyl groups is 1. The van der Waals surface area contributed by atoms with Crippen molar-refractivity contribution in [2.75, 3.05) is 72.7 Å². The Labute approximate surface area is 119 Å². The topological polar surface area (TPSA) is 109 Å². The molecule has 0 spiro atoms. The SMILES string of the molecule is NC(=O)COCCOCCOCCOCCOCCO. The molecule has 0 aromatic heterocycles. The summed E-state index contributed by atoms with van der Waals surface area (Å²) in [6.07, 6.45) is 0. The van der Waals surface area contributed by atoms with Gasteiger partial charge in [0, 0.05) is 0 Å². The lowest BCUT2D eigenvalue weighted by Gasteiger charge is -2.07. The summed E-state index contributed by atoms with van der Waals surface area (Å²) in [4.78, 5) is 10.3. The molecule has 0 bridgehead atoms. The van der Waals surface area contributed by atoms with E-state index in [1.165, 1.54) is 0 Å². The Bertz CT molecular complexity index is 216. The molecule has 0 unspecified atom stereocenters. The van der Waals surface area contributed by atoms with Crippen molar-refractivity contribution in [3.05, 3.63) is 0 Å². The first-order valence-electron chi connectivity index (χ1n) is 6.55. The van der Waals surface area contributed by atoms with E-state index >= 15 is 0 Å². The minimum atomic E-state index is -0.491. The fourth-order valence-corrected chi connectivity index (χ4v) is 1.12. The van der Waals surface area contributed by atoms with Crippen molar-refractivity contribution in [3.63, 3.8) is 0 Å². The maximum Gasteiger partial charge on any atom is 0.243 e. The van der Waals surface area contributed by atoms with Crippen LogP contribution in [0.15, 0.2) is 0 Å². The van der Waals surface area contributed by atoms with E-state index in [0.717, 1.165) is 0 Å². The first kappa shape index (κ1) is 19.2. The van der Waals surface area contributed by atoms with Gasteiger partial charge >= 0.3 is 0 Å². The van der Waals surface area contributed by atoms with E-state index in [1.54, 1.807) is 0 Å². The maximum atomic E-state index is 10.3. The molecule has 3 N–H and O–H groups in total. The Morgan fingerprint density at radius 2 is 1.05 bits per heavy atom. The summed E-state index contributed by atoms with van der Waals surface area (Å²) in [5.74, 6) is -0.491. The number of rotatable bonds is 16. The molecule has 8 nitrogen and oxygen atoms in total. The molecular weight excluding hydrogens is 270 g/mol. The molecule has 0 saturated carbocycles. The lowest BCUT2D eigenvalue weighted by molar-refractivity contribution is -0.123. The van der Waals surface area contributed by atoms with E-state index in [1.807, 2.05) is 0 Å². The fraction of sp³-hybridized carbons (Fsp3) is 0.917. The lowest BCUT2D eigenvalue weighted by atomic mass is 10.6.